The van der Waals surface area contributed by atoms with Crippen molar-refractivity contribution in [1.29, 1.82) is 0 Å². The van der Waals surface area contributed by atoms with Gasteiger partial charge in [0.2, 0.25) is 0 Å². The van der Waals surface area contributed by atoms with E-state index in [1.807, 2.05) is 0 Å². The van der Waals surface area contributed by atoms with Crippen LogP contribution in [0.1, 0.15) is 73.6 Å². The number of amides is 3. The number of alkyl carbamates (subject to hydrolysis) is 1. The lowest BCUT2D eigenvalue weighted by Gasteiger charge is -2.42. The summed E-state index contributed by atoms with van der Waals surface area (Å²) in [7, 11) is -3.86. The van der Waals surface area contributed by atoms with Gasteiger partial charge in [0, 0.05) is 18.2 Å². The highest BCUT2D eigenvalue weighted by Gasteiger charge is 2.38. The van der Waals surface area contributed by atoms with Crippen LogP contribution in [0.4, 0.5) is 9.59 Å². The van der Waals surface area contributed by atoms with Crippen molar-refractivity contribution < 1.29 is 32.3 Å². The predicted molar refractivity (Wildman–Crippen MR) is 120 cm³/mol. The van der Waals surface area contributed by atoms with Crippen LogP contribution in [0.3, 0.4) is 0 Å². The fourth-order valence-electron chi connectivity index (χ4n) is 2.98. The number of nitrogens with zero attached hydrogens (tertiary/aromatic N) is 1. The molecule has 1 fully saturated rings. The van der Waals surface area contributed by atoms with Crippen molar-refractivity contribution in [2.24, 2.45) is 10.1 Å². The monoisotopic (exact) mass is 476 g/mol. The lowest BCUT2D eigenvalue weighted by atomic mass is 9.75. The first-order valence-corrected chi connectivity index (χ1v) is 12.1. The molecule has 184 valence electrons. The van der Waals surface area contributed by atoms with Crippen molar-refractivity contribution in [3.63, 3.8) is 0 Å². The van der Waals surface area contributed by atoms with Gasteiger partial charge in [-0.2, -0.15) is 4.40 Å². The second-order valence-corrected chi connectivity index (χ2v) is 11.7. The van der Waals surface area contributed by atoms with Crippen LogP contribution in [0.5, 0.6) is 0 Å². The Balaban J connectivity index is 2.79. The lowest BCUT2D eigenvalue weighted by Crippen LogP contribution is -2.55. The normalized spacial score (nSPS) is 17.2. The maximum absolute atomic E-state index is 12.5. The molecule has 0 saturated heterocycles. The van der Waals surface area contributed by atoms with Crippen molar-refractivity contribution in [3.8, 4) is 0 Å². The molecular weight excluding hydrogens is 440 g/mol. The van der Waals surface area contributed by atoms with Crippen molar-refractivity contribution >= 4 is 34.3 Å². The van der Waals surface area contributed by atoms with Gasteiger partial charge in [-0.25, -0.2) is 22.8 Å². The first-order chi connectivity index (χ1) is 14.4. The third-order valence-electron chi connectivity index (χ3n) is 4.50. The molecule has 0 heterocycles. The molecule has 0 aromatic heterocycles. The first-order valence-electron chi connectivity index (χ1n) is 10.5. The van der Waals surface area contributed by atoms with E-state index < -0.39 is 50.9 Å². The molecule has 4 N–H and O–H groups in total. The molecule has 12 heteroatoms. The van der Waals surface area contributed by atoms with E-state index in [9.17, 15) is 22.8 Å². The zero-order valence-corrected chi connectivity index (χ0v) is 20.5. The largest absolute Gasteiger partial charge is 0.458 e. The fraction of sp³-hybridized carbons (Fsp3) is 0.800. The number of sulfonamides is 1. The van der Waals surface area contributed by atoms with Crippen LogP contribution in [0.15, 0.2) is 4.40 Å². The average Bonchev–Trinajstić information content (AvgIpc) is 2.52. The molecule has 11 nitrogen and oxygen atoms in total. The van der Waals surface area contributed by atoms with Gasteiger partial charge in [-0.3, -0.25) is 0 Å². The highest BCUT2D eigenvalue weighted by Crippen LogP contribution is 2.35. The van der Waals surface area contributed by atoms with Crippen molar-refractivity contribution in [1.82, 2.24) is 10.6 Å². The highest BCUT2D eigenvalue weighted by atomic mass is 32.2. The number of carbonyl (C=O) groups is 3. The maximum atomic E-state index is 12.5. The van der Waals surface area contributed by atoms with Gasteiger partial charge in [-0.1, -0.05) is 0 Å². The second-order valence-electron chi connectivity index (χ2n) is 9.92. The minimum Gasteiger partial charge on any atom is -0.458 e. The molecular formula is C20H36N4O7S. The van der Waals surface area contributed by atoms with E-state index in [0.717, 1.165) is 12.6 Å². The van der Waals surface area contributed by atoms with Gasteiger partial charge in [0.15, 0.2) is 0 Å². The number of rotatable bonds is 9. The Morgan fingerprint density at radius 3 is 2.09 bits per heavy atom. The van der Waals surface area contributed by atoms with Crippen LogP contribution in [0.25, 0.3) is 0 Å². The summed E-state index contributed by atoms with van der Waals surface area (Å²) in [6, 6.07) is -1.88. The number of hydrogen-bond donors (Lipinski definition) is 3. The fourth-order valence-corrected chi connectivity index (χ4v) is 4.05. The molecule has 1 aliphatic rings. The van der Waals surface area contributed by atoms with Gasteiger partial charge >= 0.3 is 18.1 Å². The predicted octanol–water partition coefficient (Wildman–Crippen LogP) is 1.99. The molecule has 0 spiro atoms. The summed E-state index contributed by atoms with van der Waals surface area (Å²) in [4.78, 5) is 35.7. The third-order valence-corrected chi connectivity index (χ3v) is 5.69. The minimum absolute atomic E-state index is 0.182. The van der Waals surface area contributed by atoms with E-state index in [0.29, 0.717) is 12.8 Å². The first kappa shape index (κ1) is 27.7. The lowest BCUT2D eigenvalue weighted by molar-refractivity contribution is -0.157. The Hall–Kier alpha value is -2.37. The van der Waals surface area contributed by atoms with Crippen molar-refractivity contribution in [3.05, 3.63) is 0 Å². The Morgan fingerprint density at radius 2 is 1.66 bits per heavy atom. The highest BCUT2D eigenvalue weighted by molar-refractivity contribution is 7.90. The van der Waals surface area contributed by atoms with E-state index in [1.54, 1.807) is 41.5 Å². The Labute approximate surface area is 189 Å². The molecule has 32 heavy (non-hydrogen) atoms. The SMILES string of the molecule is CC(C)(C)OC(=O)N[C@@H](CC=NS(=O)(=O)CCC1(NC(N)=O)CCC1)C(=O)OC(C)(C)C. The molecule has 1 aliphatic carbocycles. The molecule has 0 aromatic rings. The number of esters is 1. The molecule has 0 aromatic carbocycles. The van der Waals surface area contributed by atoms with Crippen LogP contribution < -0.4 is 16.4 Å². The van der Waals surface area contributed by atoms with E-state index >= 15 is 0 Å². The smallest absolute Gasteiger partial charge is 0.408 e. The zero-order chi connectivity index (χ0) is 24.8. The van der Waals surface area contributed by atoms with Gasteiger partial charge in [-0.05, 0) is 67.2 Å². The molecule has 1 atom stereocenters. The summed E-state index contributed by atoms with van der Waals surface area (Å²) >= 11 is 0. The molecule has 0 bridgehead atoms. The standard InChI is InChI=1S/C20H36N4O7S/c1-18(2,3)30-15(25)14(23-17(27)31-19(4,5)6)8-12-22-32(28,29)13-11-20(9-7-10-20)24-16(21)26/h12,14H,7-11,13H2,1-6H3,(H,23,27)(H3,21,24,26)/t14-/m0/s1. The van der Waals surface area contributed by atoms with E-state index in [2.05, 4.69) is 15.0 Å². The van der Waals surface area contributed by atoms with Gasteiger partial charge in [-0.15, -0.1) is 0 Å². The van der Waals surface area contributed by atoms with E-state index in [-0.39, 0.29) is 18.6 Å². The summed E-state index contributed by atoms with van der Waals surface area (Å²) in [6.45, 7) is 10.0. The summed E-state index contributed by atoms with van der Waals surface area (Å²) in [5.74, 6) is -1.04. The van der Waals surface area contributed by atoms with Crippen molar-refractivity contribution in [2.75, 3.05) is 5.75 Å². The third kappa shape index (κ3) is 10.8. The quantitative estimate of drug-likeness (QED) is 0.338. The number of nitrogens with two attached hydrogens (primary N) is 1. The van der Waals surface area contributed by atoms with E-state index in [4.69, 9.17) is 15.2 Å². The second kappa shape index (κ2) is 10.5. The van der Waals surface area contributed by atoms with Gasteiger partial charge in [0.25, 0.3) is 10.0 Å². The van der Waals surface area contributed by atoms with Gasteiger partial charge in [0.1, 0.15) is 17.2 Å². The summed E-state index contributed by atoms with van der Waals surface area (Å²) in [5.41, 5.74) is 2.97. The van der Waals surface area contributed by atoms with Gasteiger partial charge < -0.3 is 25.8 Å². The van der Waals surface area contributed by atoms with Crippen LogP contribution in [0, 0.1) is 0 Å². The van der Waals surface area contributed by atoms with Crippen LogP contribution in [0.2, 0.25) is 0 Å². The molecule has 3 amide bonds. The molecule has 0 radical (unpaired) electrons. The topological polar surface area (TPSA) is 166 Å². The number of hydrogen-bond acceptors (Lipinski definition) is 7. The summed E-state index contributed by atoms with van der Waals surface area (Å²) < 4.78 is 38.7. The average molecular weight is 477 g/mol. The van der Waals surface area contributed by atoms with Crippen LogP contribution in [-0.2, 0) is 24.3 Å². The number of nitrogens with one attached hydrogen (secondary N) is 2. The van der Waals surface area contributed by atoms with Crippen LogP contribution >= 0.6 is 0 Å². The molecule has 0 aliphatic heterocycles. The maximum Gasteiger partial charge on any atom is 0.408 e. The minimum atomic E-state index is -3.86. The van der Waals surface area contributed by atoms with Crippen molar-refractivity contribution in [2.45, 2.75) is 96.4 Å². The summed E-state index contributed by atoms with van der Waals surface area (Å²) in [5, 5.41) is 5.01. The van der Waals surface area contributed by atoms with E-state index in [1.165, 1.54) is 0 Å². The Morgan fingerprint density at radius 1 is 1.09 bits per heavy atom. The van der Waals surface area contributed by atoms with Gasteiger partial charge in [0.05, 0.1) is 5.75 Å². The molecule has 1 saturated carbocycles. The number of carbonyl (C=O) groups excluding carboxylic acids is 3. The number of ether oxygens (including phenoxy) is 2. The number of urea groups is 1. The Kier molecular flexibility index (Phi) is 9.07. The van der Waals surface area contributed by atoms with Crippen LogP contribution in [-0.4, -0.2) is 61.3 Å². The summed E-state index contributed by atoms with van der Waals surface area (Å²) in [6.07, 6.45) is 2.35. The zero-order valence-electron chi connectivity index (χ0n) is 19.7. The molecule has 1 rings (SSSR count). The molecule has 0 unspecified atom stereocenters. The Bertz CT molecular complexity index is 822. The number of primary amides is 1.